The van der Waals surface area contributed by atoms with E-state index in [2.05, 4.69) is 96.7 Å². The van der Waals surface area contributed by atoms with Gasteiger partial charge in [-0.2, -0.15) is 0 Å². The first-order valence-electron chi connectivity index (χ1n) is 11.4. The van der Waals surface area contributed by atoms with Crippen molar-refractivity contribution in [2.24, 2.45) is 5.92 Å². The van der Waals surface area contributed by atoms with E-state index < -0.39 is 26.1 Å². The summed E-state index contributed by atoms with van der Waals surface area (Å²) >= 11 is 0. The number of hydrogen-bond donors (Lipinski definition) is 0. The molecule has 1 aliphatic heterocycles. The van der Waals surface area contributed by atoms with E-state index >= 15 is 0 Å². The molecule has 3 nitrogen and oxygen atoms in total. The Labute approximate surface area is 190 Å². The molecule has 0 spiro atoms. The number of benzene rings is 2. The zero-order valence-electron chi connectivity index (χ0n) is 19.9. The van der Waals surface area contributed by atoms with Crippen molar-refractivity contribution in [1.82, 2.24) is 0 Å². The molecule has 2 aromatic carbocycles. The summed E-state index contributed by atoms with van der Waals surface area (Å²) in [4.78, 5) is 0. The Morgan fingerprint density at radius 2 is 1.35 bits per heavy atom. The standard InChI is InChI=1S/C26H37BO3Si/c1-8-15-22(20-21(2)3)28-31(23-16-11-9-12-17-23,24-18-13-10-14-19-24)27-29-25(4,5)26(6,7)30-27/h8-14,16-19,21-22H,1,15,20H2,2-7H3. The van der Waals surface area contributed by atoms with Crippen LogP contribution in [0, 0.1) is 5.92 Å². The first-order valence-corrected chi connectivity index (χ1v) is 13.4. The molecule has 0 aromatic heterocycles. The van der Waals surface area contributed by atoms with Gasteiger partial charge in [-0.3, -0.25) is 0 Å². The van der Waals surface area contributed by atoms with Crippen LogP contribution in [0.15, 0.2) is 73.3 Å². The SMILES string of the molecule is C=CCC(CC(C)C)O[Si](B1OC(C)(C)C(C)(C)O1)(c1ccccc1)c1ccccc1. The minimum atomic E-state index is -2.95. The molecule has 31 heavy (non-hydrogen) atoms. The van der Waals surface area contributed by atoms with Gasteiger partial charge in [-0.1, -0.05) is 80.6 Å². The van der Waals surface area contributed by atoms with Crippen LogP contribution in [0.4, 0.5) is 0 Å². The van der Waals surface area contributed by atoms with Crippen molar-refractivity contribution in [3.8, 4) is 0 Å². The van der Waals surface area contributed by atoms with Crippen LogP contribution in [-0.2, 0) is 13.7 Å². The predicted molar refractivity (Wildman–Crippen MR) is 133 cm³/mol. The van der Waals surface area contributed by atoms with Crippen molar-refractivity contribution >= 4 is 25.3 Å². The van der Waals surface area contributed by atoms with Crippen LogP contribution < -0.4 is 10.4 Å². The van der Waals surface area contributed by atoms with E-state index in [1.54, 1.807) is 0 Å². The van der Waals surface area contributed by atoms with E-state index in [4.69, 9.17) is 13.7 Å². The normalized spacial score (nSPS) is 18.9. The molecule has 0 amide bonds. The second-order valence-corrected chi connectivity index (χ2v) is 13.3. The van der Waals surface area contributed by atoms with Crippen LogP contribution in [0.5, 0.6) is 0 Å². The van der Waals surface area contributed by atoms with Crippen LogP contribution >= 0.6 is 0 Å². The molecular weight excluding hydrogens is 399 g/mol. The maximum atomic E-state index is 7.25. The van der Waals surface area contributed by atoms with E-state index in [-0.39, 0.29) is 6.10 Å². The van der Waals surface area contributed by atoms with Gasteiger partial charge in [-0.25, -0.2) is 0 Å². The fraction of sp³-hybridized carbons (Fsp3) is 0.462. The highest BCUT2D eigenvalue weighted by Crippen LogP contribution is 2.40. The lowest BCUT2D eigenvalue weighted by molar-refractivity contribution is 0.00578. The van der Waals surface area contributed by atoms with Crippen molar-refractivity contribution in [2.45, 2.75) is 71.7 Å². The molecule has 1 atom stereocenters. The fourth-order valence-electron chi connectivity index (χ4n) is 4.18. The summed E-state index contributed by atoms with van der Waals surface area (Å²) in [6, 6.07) is 21.1. The number of rotatable bonds is 9. The summed E-state index contributed by atoms with van der Waals surface area (Å²) in [5, 5.41) is 2.33. The topological polar surface area (TPSA) is 27.7 Å². The average molecular weight is 436 g/mol. The maximum absolute atomic E-state index is 7.25. The lowest BCUT2D eigenvalue weighted by Gasteiger charge is -2.37. The molecule has 0 bridgehead atoms. The van der Waals surface area contributed by atoms with E-state index in [1.807, 2.05) is 18.2 Å². The second kappa shape index (κ2) is 9.45. The zero-order valence-corrected chi connectivity index (χ0v) is 20.9. The number of hydrogen-bond acceptors (Lipinski definition) is 3. The first kappa shape index (κ1) is 24.0. The Balaban J connectivity index is 2.21. The predicted octanol–water partition coefficient (Wildman–Crippen LogP) is 4.92. The summed E-state index contributed by atoms with van der Waals surface area (Å²) in [5.41, 5.74) is -0.871. The average Bonchev–Trinajstić information content (AvgIpc) is 2.94. The summed E-state index contributed by atoms with van der Waals surface area (Å²) in [5.74, 6) is 0.515. The van der Waals surface area contributed by atoms with Crippen LogP contribution in [0.1, 0.15) is 54.4 Å². The monoisotopic (exact) mass is 436 g/mol. The van der Waals surface area contributed by atoms with Gasteiger partial charge in [0.1, 0.15) is 0 Å². The Hall–Kier alpha value is -1.66. The molecule has 0 saturated carbocycles. The summed E-state index contributed by atoms with van der Waals surface area (Å²) < 4.78 is 20.7. The molecule has 1 unspecified atom stereocenters. The molecule has 0 radical (unpaired) electrons. The molecule has 2 aromatic rings. The van der Waals surface area contributed by atoms with Gasteiger partial charge in [0.2, 0.25) is 0 Å². The smallest absolute Gasteiger partial charge is 0.405 e. The molecule has 1 saturated heterocycles. The van der Waals surface area contributed by atoms with Crippen molar-refractivity contribution < 1.29 is 13.7 Å². The summed E-state index contributed by atoms with van der Waals surface area (Å²) in [7, 11) is -2.95. The molecule has 1 aliphatic rings. The van der Waals surface area contributed by atoms with Crippen molar-refractivity contribution in [2.75, 3.05) is 0 Å². The molecular formula is C26H37BO3Si. The van der Waals surface area contributed by atoms with Crippen LogP contribution in [0.2, 0.25) is 0 Å². The van der Waals surface area contributed by atoms with Crippen LogP contribution in [-0.4, -0.2) is 32.2 Å². The quantitative estimate of drug-likeness (QED) is 0.412. The Morgan fingerprint density at radius 1 is 0.903 bits per heavy atom. The van der Waals surface area contributed by atoms with E-state index in [9.17, 15) is 0 Å². The Morgan fingerprint density at radius 3 is 1.74 bits per heavy atom. The van der Waals surface area contributed by atoms with Gasteiger partial charge in [-0.15, -0.1) is 6.58 Å². The molecule has 166 valence electrons. The van der Waals surface area contributed by atoms with E-state index in [1.165, 1.54) is 0 Å². The van der Waals surface area contributed by atoms with Gasteiger partial charge >= 0.3 is 6.71 Å². The van der Waals surface area contributed by atoms with Crippen LogP contribution in [0.25, 0.3) is 0 Å². The third-order valence-electron chi connectivity index (χ3n) is 6.51. The molecule has 5 heteroatoms. The maximum Gasteiger partial charge on any atom is 0.479 e. The highest BCUT2D eigenvalue weighted by Gasteiger charge is 2.64. The van der Waals surface area contributed by atoms with Gasteiger partial charge in [0.05, 0.1) is 11.2 Å². The lowest BCUT2D eigenvalue weighted by atomic mass is 9.90. The largest absolute Gasteiger partial charge is 0.479 e. The summed E-state index contributed by atoms with van der Waals surface area (Å²) in [6.07, 6.45) is 3.77. The first-order chi connectivity index (χ1) is 14.6. The Bertz CT molecular complexity index is 796. The molecule has 0 N–H and O–H groups in total. The minimum absolute atomic E-state index is 0.0450. The third-order valence-corrected chi connectivity index (χ3v) is 10.5. The van der Waals surface area contributed by atoms with Gasteiger partial charge in [0, 0.05) is 6.10 Å². The van der Waals surface area contributed by atoms with E-state index in [0.29, 0.717) is 5.92 Å². The van der Waals surface area contributed by atoms with Crippen molar-refractivity contribution in [3.63, 3.8) is 0 Å². The Kier molecular flexibility index (Phi) is 7.32. The fourth-order valence-corrected chi connectivity index (χ4v) is 8.45. The van der Waals surface area contributed by atoms with Gasteiger partial charge in [0.25, 0.3) is 8.19 Å². The van der Waals surface area contributed by atoms with Gasteiger partial charge in [-0.05, 0) is 56.8 Å². The molecule has 1 heterocycles. The highest BCUT2D eigenvalue weighted by atomic mass is 28.3. The van der Waals surface area contributed by atoms with Crippen molar-refractivity contribution in [1.29, 1.82) is 0 Å². The molecule has 3 rings (SSSR count). The highest BCUT2D eigenvalue weighted by molar-refractivity contribution is 7.37. The van der Waals surface area contributed by atoms with E-state index in [0.717, 1.165) is 23.2 Å². The minimum Gasteiger partial charge on any atom is -0.405 e. The lowest BCUT2D eigenvalue weighted by Crippen LogP contribution is -2.73. The van der Waals surface area contributed by atoms with Crippen molar-refractivity contribution in [3.05, 3.63) is 73.3 Å². The van der Waals surface area contributed by atoms with Gasteiger partial charge < -0.3 is 13.7 Å². The second-order valence-electron chi connectivity index (χ2n) is 9.95. The molecule has 0 aliphatic carbocycles. The summed E-state index contributed by atoms with van der Waals surface area (Å²) in [6.45, 7) is 16.5. The van der Waals surface area contributed by atoms with Gasteiger partial charge in [0.15, 0.2) is 0 Å². The molecule has 1 fully saturated rings. The van der Waals surface area contributed by atoms with Crippen LogP contribution in [0.3, 0.4) is 0 Å². The third kappa shape index (κ3) is 4.90. The zero-order chi connectivity index (χ0) is 22.7.